The van der Waals surface area contributed by atoms with Gasteiger partial charge in [-0.1, -0.05) is 44.2 Å². The number of fused-ring (bicyclic) bond motifs is 1. The number of hydrogen-bond acceptors (Lipinski definition) is 7. The van der Waals surface area contributed by atoms with Gasteiger partial charge in [0.15, 0.2) is 0 Å². The molecule has 4 heterocycles. The minimum atomic E-state index is -4.66. The zero-order valence-electron chi connectivity index (χ0n) is 24.0. The van der Waals surface area contributed by atoms with Crippen LogP contribution < -0.4 is 5.32 Å². The first-order valence-electron chi connectivity index (χ1n) is 14.2. The Morgan fingerprint density at radius 2 is 1.89 bits per heavy atom. The van der Waals surface area contributed by atoms with Crippen molar-refractivity contribution in [3.63, 3.8) is 0 Å². The summed E-state index contributed by atoms with van der Waals surface area (Å²) in [6.07, 6.45) is -1.41. The topological polar surface area (TPSA) is 109 Å². The minimum Gasteiger partial charge on any atom is -0.441 e. The summed E-state index contributed by atoms with van der Waals surface area (Å²) in [6.45, 7) is 5.19. The molecular formula is C32H30F4N4O4. The number of nitrogens with one attached hydrogen (secondary N) is 1. The molecule has 2 atom stereocenters. The Morgan fingerprint density at radius 1 is 1.14 bits per heavy atom. The van der Waals surface area contributed by atoms with Gasteiger partial charge in [-0.2, -0.15) is 13.2 Å². The molecule has 0 aliphatic carbocycles. The maximum Gasteiger partial charge on any atom is 0.468 e. The number of alkyl halides is 3. The van der Waals surface area contributed by atoms with Gasteiger partial charge in [-0.15, -0.1) is 0 Å². The zero-order valence-corrected chi connectivity index (χ0v) is 24.0. The van der Waals surface area contributed by atoms with Crippen LogP contribution in [0.5, 0.6) is 0 Å². The van der Waals surface area contributed by atoms with Gasteiger partial charge in [0.05, 0.1) is 17.0 Å². The van der Waals surface area contributed by atoms with Gasteiger partial charge >= 0.3 is 12.1 Å². The lowest BCUT2D eigenvalue weighted by atomic mass is 9.66. The predicted octanol–water partition coefficient (Wildman–Crippen LogP) is 5.69. The van der Waals surface area contributed by atoms with E-state index in [1.54, 1.807) is 42.5 Å². The highest BCUT2D eigenvalue weighted by Crippen LogP contribution is 2.48. The predicted molar refractivity (Wildman–Crippen MR) is 151 cm³/mol. The van der Waals surface area contributed by atoms with E-state index in [1.807, 2.05) is 13.8 Å². The third-order valence-corrected chi connectivity index (χ3v) is 8.84. The fraction of sp³-hybridized carbons (Fsp3) is 0.375. The maximum atomic E-state index is 16.2. The van der Waals surface area contributed by atoms with Crippen LogP contribution in [0.15, 0.2) is 59.3 Å². The Bertz CT molecular complexity index is 1750. The first-order chi connectivity index (χ1) is 20.7. The van der Waals surface area contributed by atoms with Gasteiger partial charge in [0.1, 0.15) is 17.8 Å². The SMILES string of the molecule is CC1(C)CN(Cc2ccc(-c3coc(C(F)(F)F)n3)cc2)CC[C@@]1(O)c1ccc2ncc([C@@H]3CCC(=O)NC3=O)cc2c1F. The van der Waals surface area contributed by atoms with Gasteiger partial charge in [0.2, 0.25) is 11.8 Å². The quantitative estimate of drug-likeness (QED) is 0.221. The van der Waals surface area contributed by atoms with Crippen LogP contribution in [-0.2, 0) is 27.9 Å². The molecule has 4 aromatic rings. The van der Waals surface area contributed by atoms with E-state index in [-0.39, 0.29) is 35.4 Å². The maximum absolute atomic E-state index is 16.2. The summed E-state index contributed by atoms with van der Waals surface area (Å²) in [5.74, 6) is -3.28. The highest BCUT2D eigenvalue weighted by atomic mass is 19.4. The summed E-state index contributed by atoms with van der Waals surface area (Å²) in [5.41, 5.74) is 0.279. The monoisotopic (exact) mass is 610 g/mol. The van der Waals surface area contributed by atoms with Crippen molar-refractivity contribution in [2.75, 3.05) is 13.1 Å². The van der Waals surface area contributed by atoms with Gasteiger partial charge in [-0.05, 0) is 36.1 Å². The lowest BCUT2D eigenvalue weighted by Crippen LogP contribution is -2.55. The highest BCUT2D eigenvalue weighted by molar-refractivity contribution is 6.01. The van der Waals surface area contributed by atoms with Crippen LogP contribution in [0.3, 0.4) is 0 Å². The number of aromatic nitrogens is 2. The molecule has 0 radical (unpaired) electrons. The average molecular weight is 611 g/mol. The molecule has 8 nitrogen and oxygen atoms in total. The van der Waals surface area contributed by atoms with Gasteiger partial charge in [0, 0.05) is 54.2 Å². The molecule has 230 valence electrons. The third kappa shape index (κ3) is 5.36. The van der Waals surface area contributed by atoms with E-state index in [2.05, 4.69) is 24.6 Å². The number of nitrogens with zero attached hydrogens (tertiary/aromatic N) is 3. The smallest absolute Gasteiger partial charge is 0.441 e. The number of rotatable bonds is 5. The molecule has 2 aliphatic heterocycles. The van der Waals surface area contributed by atoms with Crippen molar-refractivity contribution in [2.45, 2.75) is 57.3 Å². The van der Waals surface area contributed by atoms with Crippen molar-refractivity contribution in [1.29, 1.82) is 0 Å². The van der Waals surface area contributed by atoms with Gasteiger partial charge in [0.25, 0.3) is 0 Å². The largest absolute Gasteiger partial charge is 0.468 e. The molecule has 2 saturated heterocycles. The molecule has 2 amide bonds. The number of aliphatic hydroxyl groups is 1. The molecule has 2 N–H and O–H groups in total. The number of carbonyl (C=O) groups is 2. The van der Waals surface area contributed by atoms with E-state index in [9.17, 15) is 27.9 Å². The van der Waals surface area contributed by atoms with Gasteiger partial charge < -0.3 is 9.52 Å². The molecular weight excluding hydrogens is 580 g/mol. The van der Waals surface area contributed by atoms with Crippen molar-refractivity contribution in [1.82, 2.24) is 20.2 Å². The summed E-state index contributed by atoms with van der Waals surface area (Å²) in [4.78, 5) is 34.0. The van der Waals surface area contributed by atoms with Crippen molar-refractivity contribution in [3.8, 4) is 11.3 Å². The number of imide groups is 1. The van der Waals surface area contributed by atoms with E-state index >= 15 is 4.39 Å². The van der Waals surface area contributed by atoms with Crippen LogP contribution in [0.4, 0.5) is 17.6 Å². The zero-order chi connectivity index (χ0) is 31.4. The average Bonchev–Trinajstić information content (AvgIpc) is 3.47. The Balaban J connectivity index is 1.20. The van der Waals surface area contributed by atoms with Crippen molar-refractivity contribution in [2.24, 2.45) is 5.41 Å². The van der Waals surface area contributed by atoms with Crippen LogP contribution in [0.2, 0.25) is 0 Å². The number of halogens is 4. The van der Waals surface area contributed by atoms with E-state index < -0.39 is 40.7 Å². The highest BCUT2D eigenvalue weighted by Gasteiger charge is 2.50. The number of likely N-dealkylation sites (tertiary alicyclic amines) is 1. The second-order valence-corrected chi connectivity index (χ2v) is 12.2. The second-order valence-electron chi connectivity index (χ2n) is 12.2. The Labute approximate surface area is 250 Å². The second kappa shape index (κ2) is 10.8. The fourth-order valence-corrected chi connectivity index (χ4v) is 6.34. The lowest BCUT2D eigenvalue weighted by Gasteiger charge is -2.50. The lowest BCUT2D eigenvalue weighted by molar-refractivity contribution is -0.157. The number of hydrogen-bond donors (Lipinski definition) is 2. The van der Waals surface area contributed by atoms with Crippen molar-refractivity contribution >= 4 is 22.7 Å². The van der Waals surface area contributed by atoms with E-state index in [0.29, 0.717) is 42.7 Å². The minimum absolute atomic E-state index is 0.0879. The summed E-state index contributed by atoms with van der Waals surface area (Å²) in [7, 11) is 0. The molecule has 44 heavy (non-hydrogen) atoms. The number of pyridine rings is 1. The standard InChI is InChI=1S/C32H30F4N4O4/c1-30(2)17-40(15-18-3-5-19(6-4-18)25-16-44-29(38-25)32(34,35)36)12-11-31(30,43)23-8-9-24-22(27(23)33)13-20(14-37-24)21-7-10-26(41)39-28(21)42/h3-6,8-9,13-14,16,21,43H,7,10-12,15,17H2,1-2H3,(H,39,41,42)/t21-,31+/m0/s1. The molecule has 0 spiro atoms. The Hall–Kier alpha value is -4.16. The molecule has 12 heteroatoms. The molecule has 0 saturated carbocycles. The summed E-state index contributed by atoms with van der Waals surface area (Å²) < 4.78 is 59.3. The molecule has 0 unspecified atom stereocenters. The van der Waals surface area contributed by atoms with Gasteiger partial charge in [-0.3, -0.25) is 24.8 Å². The molecule has 2 fully saturated rings. The number of benzene rings is 2. The van der Waals surface area contributed by atoms with E-state index in [1.165, 1.54) is 6.20 Å². The molecule has 2 aliphatic rings. The summed E-state index contributed by atoms with van der Waals surface area (Å²) in [5, 5.41) is 14.5. The number of piperidine rings is 2. The Kier molecular flexibility index (Phi) is 7.32. The summed E-state index contributed by atoms with van der Waals surface area (Å²) >= 11 is 0. The van der Waals surface area contributed by atoms with Crippen LogP contribution >= 0.6 is 0 Å². The first kappa shape index (κ1) is 29.9. The molecule has 6 rings (SSSR count). The van der Waals surface area contributed by atoms with Crippen LogP contribution in [0, 0.1) is 11.2 Å². The first-order valence-corrected chi connectivity index (χ1v) is 14.2. The number of carbonyl (C=O) groups excluding carboxylic acids is 2. The van der Waals surface area contributed by atoms with Crippen LogP contribution in [0.1, 0.15) is 61.6 Å². The van der Waals surface area contributed by atoms with Crippen molar-refractivity contribution < 1.29 is 36.7 Å². The normalized spacial score (nSPS) is 22.8. The molecule has 2 aromatic carbocycles. The summed E-state index contributed by atoms with van der Waals surface area (Å²) in [6, 6.07) is 11.8. The van der Waals surface area contributed by atoms with Crippen LogP contribution in [-0.4, -0.2) is 44.9 Å². The van der Waals surface area contributed by atoms with Crippen molar-refractivity contribution in [3.05, 3.63) is 83.3 Å². The Morgan fingerprint density at radius 3 is 2.55 bits per heavy atom. The van der Waals surface area contributed by atoms with Gasteiger partial charge in [-0.25, -0.2) is 9.37 Å². The molecule has 0 bridgehead atoms. The number of amides is 2. The third-order valence-electron chi connectivity index (χ3n) is 8.84. The molecule has 2 aromatic heterocycles. The van der Waals surface area contributed by atoms with E-state index in [4.69, 9.17) is 0 Å². The fourth-order valence-electron chi connectivity index (χ4n) is 6.34. The van der Waals surface area contributed by atoms with Crippen LogP contribution in [0.25, 0.3) is 22.2 Å². The number of oxazole rings is 1. The van der Waals surface area contributed by atoms with E-state index in [0.717, 1.165) is 11.8 Å².